The molecule has 0 heterocycles. The van der Waals surface area contributed by atoms with Crippen molar-refractivity contribution in [3.8, 4) is 0 Å². The van der Waals surface area contributed by atoms with Gasteiger partial charge in [-0.2, -0.15) is 0 Å². The normalized spacial score (nSPS) is 10.3. The van der Waals surface area contributed by atoms with E-state index in [9.17, 15) is 4.79 Å². The number of ketones is 1. The van der Waals surface area contributed by atoms with Gasteiger partial charge in [-0.1, -0.05) is 39.7 Å². The molecule has 0 atom stereocenters. The summed E-state index contributed by atoms with van der Waals surface area (Å²) < 4.78 is 0. The van der Waals surface area contributed by atoms with Crippen LogP contribution in [0.1, 0.15) is 35.2 Å². The first-order chi connectivity index (χ1) is 7.16. The van der Waals surface area contributed by atoms with E-state index in [4.69, 9.17) is 11.6 Å². The van der Waals surface area contributed by atoms with E-state index in [1.165, 1.54) is 0 Å². The first kappa shape index (κ1) is 12.7. The molecule has 0 fully saturated rings. The number of Topliss-reactive ketones (excluding diaryl/α,β-unsaturated/α-hetero) is 1. The van der Waals surface area contributed by atoms with Crippen LogP contribution in [0.2, 0.25) is 5.02 Å². The average molecular weight is 290 g/mol. The molecule has 1 rings (SSSR count). The van der Waals surface area contributed by atoms with Gasteiger partial charge in [0.25, 0.3) is 0 Å². The van der Waals surface area contributed by atoms with E-state index in [-0.39, 0.29) is 5.78 Å². The SMILES string of the molecule is Cc1cccc(Cl)c1C(=O)CCCCBr. The van der Waals surface area contributed by atoms with Gasteiger partial charge in [0.05, 0.1) is 5.02 Å². The number of rotatable bonds is 5. The van der Waals surface area contributed by atoms with Crippen LogP contribution in [-0.4, -0.2) is 11.1 Å². The van der Waals surface area contributed by atoms with Gasteiger partial charge in [0, 0.05) is 17.3 Å². The van der Waals surface area contributed by atoms with Crippen molar-refractivity contribution in [3.05, 3.63) is 34.3 Å². The van der Waals surface area contributed by atoms with Crippen LogP contribution in [0.3, 0.4) is 0 Å². The molecular weight excluding hydrogens is 275 g/mol. The smallest absolute Gasteiger partial charge is 0.164 e. The molecule has 0 bridgehead atoms. The molecule has 0 aromatic heterocycles. The topological polar surface area (TPSA) is 17.1 Å². The maximum Gasteiger partial charge on any atom is 0.164 e. The van der Waals surface area contributed by atoms with E-state index in [0.717, 1.165) is 23.7 Å². The van der Waals surface area contributed by atoms with Crippen LogP contribution in [-0.2, 0) is 0 Å². The van der Waals surface area contributed by atoms with Gasteiger partial charge in [-0.3, -0.25) is 4.79 Å². The molecular formula is C12H14BrClO. The number of aryl methyl sites for hydroxylation is 1. The number of hydrogen-bond acceptors (Lipinski definition) is 1. The summed E-state index contributed by atoms with van der Waals surface area (Å²) >= 11 is 9.35. The van der Waals surface area contributed by atoms with Crippen molar-refractivity contribution in [2.24, 2.45) is 0 Å². The minimum absolute atomic E-state index is 0.152. The summed E-state index contributed by atoms with van der Waals surface area (Å²) in [6, 6.07) is 5.56. The fraction of sp³-hybridized carbons (Fsp3) is 0.417. The molecule has 0 saturated carbocycles. The maximum atomic E-state index is 11.9. The van der Waals surface area contributed by atoms with Gasteiger partial charge < -0.3 is 0 Å². The Morgan fingerprint density at radius 3 is 2.73 bits per heavy atom. The van der Waals surface area contributed by atoms with E-state index in [0.29, 0.717) is 17.0 Å². The zero-order valence-electron chi connectivity index (χ0n) is 8.72. The predicted molar refractivity (Wildman–Crippen MR) is 68.2 cm³/mol. The van der Waals surface area contributed by atoms with Crippen LogP contribution >= 0.6 is 27.5 Å². The van der Waals surface area contributed by atoms with Crippen molar-refractivity contribution in [3.63, 3.8) is 0 Å². The molecule has 1 nitrogen and oxygen atoms in total. The van der Waals surface area contributed by atoms with Gasteiger partial charge >= 0.3 is 0 Å². The molecule has 1 aromatic rings. The third-order valence-electron chi connectivity index (χ3n) is 2.29. The summed E-state index contributed by atoms with van der Waals surface area (Å²) in [7, 11) is 0. The molecule has 1 aromatic carbocycles. The number of hydrogen-bond donors (Lipinski definition) is 0. The molecule has 0 amide bonds. The number of halogens is 2. The molecule has 0 saturated heterocycles. The fourth-order valence-electron chi connectivity index (χ4n) is 1.49. The Morgan fingerprint density at radius 1 is 1.40 bits per heavy atom. The quantitative estimate of drug-likeness (QED) is 0.446. The van der Waals surface area contributed by atoms with Crippen molar-refractivity contribution >= 4 is 33.3 Å². The molecule has 0 N–H and O–H groups in total. The van der Waals surface area contributed by atoms with Gasteiger partial charge in [-0.15, -0.1) is 0 Å². The van der Waals surface area contributed by atoms with Crippen molar-refractivity contribution in [1.29, 1.82) is 0 Å². The molecule has 0 spiro atoms. The van der Waals surface area contributed by atoms with E-state index in [2.05, 4.69) is 15.9 Å². The number of carbonyl (C=O) groups excluding carboxylic acids is 1. The lowest BCUT2D eigenvalue weighted by molar-refractivity contribution is 0.0979. The number of carbonyl (C=O) groups is 1. The zero-order chi connectivity index (χ0) is 11.3. The standard InChI is InChI=1S/C12H14BrClO/c1-9-5-4-6-10(14)12(9)11(15)7-2-3-8-13/h4-6H,2-3,7-8H2,1H3. The zero-order valence-corrected chi connectivity index (χ0v) is 11.1. The lowest BCUT2D eigenvalue weighted by Gasteiger charge is -2.06. The van der Waals surface area contributed by atoms with E-state index < -0.39 is 0 Å². The highest BCUT2D eigenvalue weighted by Crippen LogP contribution is 2.21. The Hall–Kier alpha value is -0.340. The molecule has 3 heteroatoms. The van der Waals surface area contributed by atoms with Crippen LogP contribution in [0.15, 0.2) is 18.2 Å². The summed E-state index contributed by atoms with van der Waals surface area (Å²) in [5.41, 5.74) is 1.65. The first-order valence-electron chi connectivity index (χ1n) is 5.01. The Balaban J connectivity index is 2.73. The van der Waals surface area contributed by atoms with Gasteiger partial charge in [-0.05, 0) is 31.4 Å². The van der Waals surface area contributed by atoms with Gasteiger partial charge in [0.2, 0.25) is 0 Å². The second kappa shape index (κ2) is 6.29. The number of alkyl halides is 1. The molecule has 0 radical (unpaired) electrons. The van der Waals surface area contributed by atoms with Crippen LogP contribution in [0.25, 0.3) is 0 Å². The highest BCUT2D eigenvalue weighted by atomic mass is 79.9. The van der Waals surface area contributed by atoms with E-state index in [1.807, 2.05) is 19.1 Å². The summed E-state index contributed by atoms with van der Waals surface area (Å²) in [4.78, 5) is 11.9. The monoisotopic (exact) mass is 288 g/mol. The van der Waals surface area contributed by atoms with Crippen LogP contribution < -0.4 is 0 Å². The highest BCUT2D eigenvalue weighted by molar-refractivity contribution is 9.09. The van der Waals surface area contributed by atoms with Crippen molar-refractivity contribution < 1.29 is 4.79 Å². The summed E-state index contributed by atoms with van der Waals surface area (Å²) in [6.07, 6.45) is 2.51. The van der Waals surface area contributed by atoms with Crippen LogP contribution in [0.4, 0.5) is 0 Å². The molecule has 82 valence electrons. The van der Waals surface area contributed by atoms with Gasteiger partial charge in [-0.25, -0.2) is 0 Å². The predicted octanol–water partition coefficient (Wildman–Crippen LogP) is 4.40. The molecule has 0 aliphatic rings. The molecule has 0 aliphatic carbocycles. The third-order valence-corrected chi connectivity index (χ3v) is 3.16. The molecule has 0 unspecified atom stereocenters. The minimum Gasteiger partial charge on any atom is -0.294 e. The second-order valence-corrected chi connectivity index (χ2v) is 4.70. The van der Waals surface area contributed by atoms with E-state index >= 15 is 0 Å². The summed E-state index contributed by atoms with van der Waals surface area (Å²) in [6.45, 7) is 1.92. The Kier molecular flexibility index (Phi) is 5.34. The van der Waals surface area contributed by atoms with E-state index in [1.54, 1.807) is 6.07 Å². The largest absolute Gasteiger partial charge is 0.294 e. The first-order valence-corrected chi connectivity index (χ1v) is 6.51. The Morgan fingerprint density at radius 2 is 2.13 bits per heavy atom. The molecule has 15 heavy (non-hydrogen) atoms. The Bertz CT molecular complexity index is 329. The summed E-state index contributed by atoms with van der Waals surface area (Å²) in [5.74, 6) is 0.152. The lowest BCUT2D eigenvalue weighted by Crippen LogP contribution is -2.02. The molecule has 0 aliphatic heterocycles. The Labute approximate surface area is 104 Å². The lowest BCUT2D eigenvalue weighted by atomic mass is 10.0. The van der Waals surface area contributed by atoms with Gasteiger partial charge in [0.1, 0.15) is 0 Å². The number of benzene rings is 1. The van der Waals surface area contributed by atoms with Crippen molar-refractivity contribution in [1.82, 2.24) is 0 Å². The number of unbranched alkanes of at least 4 members (excludes halogenated alkanes) is 1. The minimum atomic E-state index is 0.152. The fourth-order valence-corrected chi connectivity index (χ4v) is 2.21. The van der Waals surface area contributed by atoms with Crippen molar-refractivity contribution in [2.75, 3.05) is 5.33 Å². The van der Waals surface area contributed by atoms with Gasteiger partial charge in [0.15, 0.2) is 5.78 Å². The van der Waals surface area contributed by atoms with Crippen LogP contribution in [0.5, 0.6) is 0 Å². The highest BCUT2D eigenvalue weighted by Gasteiger charge is 2.12. The van der Waals surface area contributed by atoms with Crippen LogP contribution in [0, 0.1) is 6.92 Å². The third kappa shape index (κ3) is 3.62. The second-order valence-electron chi connectivity index (χ2n) is 3.50. The summed E-state index contributed by atoms with van der Waals surface area (Å²) in [5, 5.41) is 1.51. The van der Waals surface area contributed by atoms with Crippen molar-refractivity contribution in [2.45, 2.75) is 26.2 Å². The average Bonchev–Trinajstić information content (AvgIpc) is 2.18. The maximum absolute atomic E-state index is 11.9.